The number of hydrazine groups is 1. The summed E-state index contributed by atoms with van der Waals surface area (Å²) in [6.45, 7) is 0.138. The van der Waals surface area contributed by atoms with Crippen LogP contribution in [-0.2, 0) is 12.7 Å². The van der Waals surface area contributed by atoms with Gasteiger partial charge in [-0.2, -0.15) is 13.2 Å². The van der Waals surface area contributed by atoms with Crippen LogP contribution in [0.4, 0.5) is 24.5 Å². The summed E-state index contributed by atoms with van der Waals surface area (Å²) in [6.07, 6.45) is 0.856. The van der Waals surface area contributed by atoms with Crippen molar-refractivity contribution in [3.63, 3.8) is 0 Å². The Labute approximate surface area is 172 Å². The average Bonchev–Trinajstić information content (AvgIpc) is 2.69. The Kier molecular flexibility index (Phi) is 5.44. The normalized spacial score (nSPS) is 18.0. The van der Waals surface area contributed by atoms with Gasteiger partial charge < -0.3 is 10.7 Å². The van der Waals surface area contributed by atoms with Gasteiger partial charge in [-0.05, 0) is 48.7 Å². The van der Waals surface area contributed by atoms with Crippen molar-refractivity contribution in [3.8, 4) is 0 Å². The van der Waals surface area contributed by atoms with E-state index in [2.05, 4.69) is 16.2 Å². The lowest BCUT2D eigenvalue weighted by molar-refractivity contribution is -0.137. The highest BCUT2D eigenvalue weighted by molar-refractivity contribution is 6.31. The van der Waals surface area contributed by atoms with Gasteiger partial charge in [-0.25, -0.2) is 10.4 Å². The molecule has 1 spiro atoms. The zero-order valence-corrected chi connectivity index (χ0v) is 16.5. The number of aliphatic imine (C=N–C) groups is 1. The molecule has 8 heteroatoms. The van der Waals surface area contributed by atoms with Crippen LogP contribution >= 0.6 is 11.6 Å². The third kappa shape index (κ3) is 4.21. The summed E-state index contributed by atoms with van der Waals surface area (Å²) in [6, 6.07) is 11.2. The lowest BCUT2D eigenvalue weighted by Crippen LogP contribution is -2.57. The number of anilines is 1. The molecule has 0 unspecified atom stereocenters. The number of benzene rings is 2. The van der Waals surface area contributed by atoms with E-state index in [1.54, 1.807) is 0 Å². The SMILES string of the molecule is FC(F)(F)c1ccc(Cl)c(CNNC2=Nc3ccccc3NC23CCCCC3)c1. The molecular weight excluding hydrogens is 401 g/mol. The number of amidine groups is 1. The van der Waals surface area contributed by atoms with E-state index in [9.17, 15) is 13.2 Å². The van der Waals surface area contributed by atoms with Crippen molar-refractivity contribution in [2.75, 3.05) is 5.32 Å². The van der Waals surface area contributed by atoms with Gasteiger partial charge in [0.05, 0.1) is 22.5 Å². The molecule has 3 N–H and O–H groups in total. The van der Waals surface area contributed by atoms with Gasteiger partial charge >= 0.3 is 6.18 Å². The Morgan fingerprint density at radius 2 is 1.83 bits per heavy atom. The van der Waals surface area contributed by atoms with Crippen LogP contribution in [0.1, 0.15) is 43.2 Å². The predicted octanol–water partition coefficient (Wildman–Crippen LogP) is 5.81. The van der Waals surface area contributed by atoms with E-state index in [-0.39, 0.29) is 17.1 Å². The zero-order valence-electron chi connectivity index (χ0n) is 15.7. The number of halogens is 4. The molecule has 4 nitrogen and oxygen atoms in total. The highest BCUT2D eigenvalue weighted by Gasteiger charge is 2.40. The first-order valence-electron chi connectivity index (χ1n) is 9.68. The van der Waals surface area contributed by atoms with E-state index >= 15 is 0 Å². The molecule has 4 rings (SSSR count). The van der Waals surface area contributed by atoms with Crippen LogP contribution in [0.5, 0.6) is 0 Å². The third-order valence-corrected chi connectivity index (χ3v) is 5.90. The molecular formula is C21H22ClF3N4. The molecule has 0 aromatic heterocycles. The highest BCUT2D eigenvalue weighted by atomic mass is 35.5. The van der Waals surface area contributed by atoms with Crippen molar-refractivity contribution in [2.45, 2.75) is 50.4 Å². The average molecular weight is 423 g/mol. The second-order valence-corrected chi connectivity index (χ2v) is 7.94. The molecule has 29 heavy (non-hydrogen) atoms. The Hall–Kier alpha value is -2.25. The van der Waals surface area contributed by atoms with Gasteiger partial charge in [-0.3, -0.25) is 0 Å². The maximum atomic E-state index is 13.0. The predicted molar refractivity (Wildman–Crippen MR) is 109 cm³/mol. The van der Waals surface area contributed by atoms with Crippen molar-refractivity contribution < 1.29 is 13.2 Å². The van der Waals surface area contributed by atoms with Crippen LogP contribution in [0.2, 0.25) is 5.02 Å². The fourth-order valence-electron chi connectivity index (χ4n) is 4.00. The quantitative estimate of drug-likeness (QED) is 0.547. The van der Waals surface area contributed by atoms with Gasteiger partial charge in [-0.15, -0.1) is 0 Å². The second kappa shape index (κ2) is 7.88. The summed E-state index contributed by atoms with van der Waals surface area (Å²) in [4.78, 5) is 4.80. The highest BCUT2D eigenvalue weighted by Crippen LogP contribution is 2.40. The maximum absolute atomic E-state index is 13.0. The van der Waals surface area contributed by atoms with E-state index in [4.69, 9.17) is 16.6 Å². The first kappa shape index (κ1) is 20.0. The zero-order chi connectivity index (χ0) is 20.5. The lowest BCUT2D eigenvalue weighted by atomic mass is 9.79. The lowest BCUT2D eigenvalue weighted by Gasteiger charge is -2.42. The van der Waals surface area contributed by atoms with Crippen molar-refractivity contribution in [2.24, 2.45) is 4.99 Å². The summed E-state index contributed by atoms with van der Waals surface area (Å²) >= 11 is 6.10. The molecule has 2 aliphatic rings. The van der Waals surface area contributed by atoms with Crippen LogP contribution < -0.4 is 16.2 Å². The second-order valence-electron chi connectivity index (χ2n) is 7.53. The molecule has 2 aromatic rings. The largest absolute Gasteiger partial charge is 0.416 e. The Bertz CT molecular complexity index is 920. The molecule has 2 aromatic carbocycles. The molecule has 0 atom stereocenters. The van der Waals surface area contributed by atoms with Crippen molar-refractivity contribution in [1.82, 2.24) is 10.9 Å². The molecule has 0 radical (unpaired) electrons. The number of rotatable bonds is 3. The summed E-state index contributed by atoms with van der Waals surface area (Å²) in [5, 5.41) is 3.93. The van der Waals surface area contributed by atoms with Crippen LogP contribution in [0.15, 0.2) is 47.5 Å². The van der Waals surface area contributed by atoms with Crippen LogP contribution in [0.3, 0.4) is 0 Å². The smallest absolute Gasteiger partial charge is 0.371 e. The number of nitrogens with one attached hydrogen (secondary N) is 3. The van der Waals surface area contributed by atoms with Gasteiger partial charge in [0.25, 0.3) is 0 Å². The maximum Gasteiger partial charge on any atom is 0.416 e. The van der Waals surface area contributed by atoms with Crippen molar-refractivity contribution in [1.29, 1.82) is 0 Å². The number of para-hydroxylation sites is 2. The molecule has 1 aliphatic heterocycles. The van der Waals surface area contributed by atoms with E-state index in [0.29, 0.717) is 5.56 Å². The molecule has 154 valence electrons. The van der Waals surface area contributed by atoms with Gasteiger partial charge in [-0.1, -0.05) is 43.0 Å². The number of hydrogen-bond acceptors (Lipinski definition) is 4. The molecule has 1 fully saturated rings. The fraction of sp³-hybridized carbons (Fsp3) is 0.381. The van der Waals surface area contributed by atoms with E-state index in [1.165, 1.54) is 12.5 Å². The topological polar surface area (TPSA) is 48.5 Å². The number of hydrogen-bond donors (Lipinski definition) is 3. The van der Waals surface area contributed by atoms with Gasteiger partial charge in [0.2, 0.25) is 0 Å². The molecule has 1 heterocycles. The first-order valence-corrected chi connectivity index (χ1v) is 10.1. The monoisotopic (exact) mass is 422 g/mol. The minimum Gasteiger partial charge on any atom is -0.371 e. The molecule has 1 aliphatic carbocycles. The number of alkyl halides is 3. The molecule has 1 saturated carbocycles. The molecule has 0 bridgehead atoms. The van der Waals surface area contributed by atoms with E-state index in [1.807, 2.05) is 24.3 Å². The number of nitrogens with zero attached hydrogens (tertiary/aromatic N) is 1. The van der Waals surface area contributed by atoms with Gasteiger partial charge in [0, 0.05) is 11.6 Å². The third-order valence-electron chi connectivity index (χ3n) is 5.53. The van der Waals surface area contributed by atoms with Crippen LogP contribution in [0, 0.1) is 0 Å². The minimum atomic E-state index is -4.40. The number of fused-ring (bicyclic) bond motifs is 1. The Morgan fingerprint density at radius 1 is 1.07 bits per heavy atom. The Morgan fingerprint density at radius 3 is 2.59 bits per heavy atom. The van der Waals surface area contributed by atoms with Gasteiger partial charge in [0.1, 0.15) is 5.84 Å². The Balaban J connectivity index is 1.53. The molecule has 0 amide bonds. The fourth-order valence-corrected chi connectivity index (χ4v) is 4.18. The summed E-state index contributed by atoms with van der Waals surface area (Å²) in [7, 11) is 0. The summed E-state index contributed by atoms with van der Waals surface area (Å²) in [5.41, 5.74) is 7.38. The minimum absolute atomic E-state index is 0.138. The van der Waals surface area contributed by atoms with Crippen molar-refractivity contribution in [3.05, 3.63) is 58.6 Å². The summed E-state index contributed by atoms with van der Waals surface area (Å²) < 4.78 is 39.0. The molecule has 0 saturated heterocycles. The van der Waals surface area contributed by atoms with E-state index in [0.717, 1.165) is 55.0 Å². The summed E-state index contributed by atoms with van der Waals surface area (Å²) in [5.74, 6) is 0.763. The van der Waals surface area contributed by atoms with Crippen LogP contribution in [0.25, 0.3) is 0 Å². The first-order chi connectivity index (χ1) is 13.9. The standard InChI is InChI=1S/C21H22ClF3N4/c22-16-9-8-15(21(23,24)25)12-14(16)13-26-29-19-20(10-4-1-5-11-20)28-18-7-3-2-6-17(18)27-19/h2-3,6-9,12,26,28H,1,4-5,10-11,13H2,(H,27,29). The van der Waals surface area contributed by atoms with Crippen molar-refractivity contribution >= 4 is 28.8 Å². The van der Waals surface area contributed by atoms with E-state index < -0.39 is 11.7 Å². The van der Waals surface area contributed by atoms with Crippen LogP contribution in [-0.4, -0.2) is 11.4 Å². The van der Waals surface area contributed by atoms with Gasteiger partial charge in [0.15, 0.2) is 0 Å².